The van der Waals surface area contributed by atoms with Crippen molar-refractivity contribution in [3.05, 3.63) is 89.5 Å². The Morgan fingerprint density at radius 3 is 1.04 bits per heavy atom. The fraction of sp³-hybridized carbons (Fsp3) is 0.143. The molecule has 0 N–H and O–H groups in total. The van der Waals surface area contributed by atoms with Crippen LogP contribution in [0.4, 0.5) is 0 Å². The molecule has 0 nitrogen and oxygen atoms in total. The van der Waals surface area contributed by atoms with E-state index in [0.717, 1.165) is 0 Å². The summed E-state index contributed by atoms with van der Waals surface area (Å²) in [6.07, 6.45) is 0. The van der Waals surface area contributed by atoms with Gasteiger partial charge in [-0.3, -0.25) is 0 Å². The summed E-state index contributed by atoms with van der Waals surface area (Å²) in [4.78, 5) is 0. The number of benzene rings is 3. The second-order valence-electron chi connectivity index (χ2n) is 6.08. The molecule has 0 unspecified atom stereocenters. The molecule has 0 aliphatic heterocycles. The van der Waals surface area contributed by atoms with Crippen LogP contribution in [0.2, 0.25) is 0 Å². The topological polar surface area (TPSA) is 0 Å². The van der Waals surface area contributed by atoms with Crippen LogP contribution in [0.3, 0.4) is 0 Å². The minimum atomic E-state index is -2.08. The van der Waals surface area contributed by atoms with Gasteiger partial charge in [0.2, 0.25) is 0 Å². The first-order valence-corrected chi connectivity index (χ1v) is 12.4. The quantitative estimate of drug-likeness (QED) is 0.454. The minimum absolute atomic E-state index is 1.38. The van der Waals surface area contributed by atoms with E-state index < -0.39 is 5.59 Å². The zero-order chi connectivity index (χ0) is 16.4. The third kappa shape index (κ3) is 2.94. The molecule has 0 saturated heterocycles. The molecule has 23 heavy (non-hydrogen) atoms. The summed E-state index contributed by atoms with van der Waals surface area (Å²) in [6.45, 7) is 6.71. The molecule has 0 radical (unpaired) electrons. The summed E-state index contributed by atoms with van der Waals surface area (Å²) < 4.78 is 0. The Morgan fingerprint density at radius 1 is 0.522 bits per heavy atom. The van der Waals surface area contributed by atoms with Crippen molar-refractivity contribution in [1.82, 2.24) is 0 Å². The van der Waals surface area contributed by atoms with Gasteiger partial charge in [0.1, 0.15) is 0 Å². The second-order valence-corrected chi connectivity index (χ2v) is 12.9. The predicted molar refractivity (Wildman–Crippen MR) is 101 cm³/mol. The Morgan fingerprint density at radius 2 is 0.783 bits per heavy atom. The Bertz CT molecular complexity index is 728. The summed E-state index contributed by atoms with van der Waals surface area (Å²) in [7, 11) is 0. The zero-order valence-electron chi connectivity index (χ0n) is 13.8. The predicted octanol–water partition coefficient (Wildman–Crippen LogP) is 4.10. The molecule has 0 fully saturated rings. The third-order valence-electron chi connectivity index (χ3n) is 4.53. The molecule has 3 aromatic rings. The van der Waals surface area contributed by atoms with E-state index in [-0.39, 0.29) is 0 Å². The standard InChI is InChI=1S/C21H21P.Ru/c1-16-10-4-7-13-19(16)22(20-14-8-5-11-17(20)2)21-15-9-6-12-18(21)3;/h4-15H,1-3H3;/q;-1/p+1. The van der Waals surface area contributed by atoms with Crippen LogP contribution in [-0.4, -0.2) is 0 Å². The molecule has 3 aromatic carbocycles. The summed E-state index contributed by atoms with van der Waals surface area (Å²) in [5.41, 5.74) is 2.06. The number of rotatable bonds is 3. The van der Waals surface area contributed by atoms with E-state index in [1.165, 1.54) is 32.6 Å². The van der Waals surface area contributed by atoms with Crippen molar-refractivity contribution in [1.29, 1.82) is 0 Å². The van der Waals surface area contributed by atoms with Crippen LogP contribution in [-0.2, 0) is 17.8 Å². The number of hydrogen-bond acceptors (Lipinski definition) is 0. The Kier molecular flexibility index (Phi) is 4.81. The first-order valence-electron chi connectivity index (χ1n) is 7.91. The molecule has 0 aliphatic carbocycles. The van der Waals surface area contributed by atoms with E-state index in [4.69, 9.17) is 0 Å². The van der Waals surface area contributed by atoms with Gasteiger partial charge in [-0.2, -0.15) is 0 Å². The van der Waals surface area contributed by atoms with Gasteiger partial charge in [-0.25, -0.2) is 0 Å². The zero-order valence-corrected chi connectivity index (χ0v) is 16.5. The molecule has 0 spiro atoms. The molecule has 2 heteroatoms. The molecule has 0 aromatic heterocycles. The van der Waals surface area contributed by atoms with E-state index >= 15 is 0 Å². The van der Waals surface area contributed by atoms with Gasteiger partial charge in [0.05, 0.1) is 0 Å². The molecule has 0 heterocycles. The van der Waals surface area contributed by atoms with Gasteiger partial charge in [-0.1, -0.05) is 0 Å². The van der Waals surface area contributed by atoms with Crippen LogP contribution in [0.25, 0.3) is 0 Å². The van der Waals surface area contributed by atoms with Gasteiger partial charge >= 0.3 is 150 Å². The van der Waals surface area contributed by atoms with Crippen molar-refractivity contribution < 1.29 is 17.8 Å². The van der Waals surface area contributed by atoms with E-state index in [2.05, 4.69) is 111 Å². The van der Waals surface area contributed by atoms with E-state index in [1.54, 1.807) is 0 Å². The number of hydrogen-bond donors (Lipinski definition) is 0. The van der Waals surface area contributed by atoms with Crippen molar-refractivity contribution in [2.75, 3.05) is 0 Å². The molecular weight excluding hydrogens is 384 g/mol. The summed E-state index contributed by atoms with van der Waals surface area (Å²) in [6, 6.07) is 26.6. The molecular formula is C21H22PRu. The molecule has 0 bridgehead atoms. The van der Waals surface area contributed by atoms with Gasteiger partial charge in [0.15, 0.2) is 0 Å². The van der Waals surface area contributed by atoms with Gasteiger partial charge in [-0.05, 0) is 0 Å². The Hall–Kier alpha value is -1.29. The summed E-state index contributed by atoms with van der Waals surface area (Å²) >= 11 is 3.17. The molecule has 0 amide bonds. The van der Waals surface area contributed by atoms with Crippen LogP contribution in [0, 0.1) is 20.8 Å². The summed E-state index contributed by atoms with van der Waals surface area (Å²) in [5, 5.41) is 4.46. The van der Waals surface area contributed by atoms with Crippen LogP contribution in [0.15, 0.2) is 72.8 Å². The molecule has 0 saturated carbocycles. The maximum absolute atomic E-state index is 3.17. The molecule has 0 atom stereocenters. The van der Waals surface area contributed by atoms with Gasteiger partial charge in [0.25, 0.3) is 0 Å². The first kappa shape index (κ1) is 16.6. The SMILES string of the molecule is Cc1ccccc1[PH]([Ru])(c1ccccc1C)c1ccccc1C. The van der Waals surface area contributed by atoms with Crippen LogP contribution in [0.5, 0.6) is 0 Å². The normalized spacial score (nSPS) is 12.2. The average Bonchev–Trinajstić information content (AvgIpc) is 2.55. The van der Waals surface area contributed by atoms with Gasteiger partial charge in [0, 0.05) is 0 Å². The van der Waals surface area contributed by atoms with Crippen LogP contribution in [0.1, 0.15) is 16.7 Å². The van der Waals surface area contributed by atoms with Crippen molar-refractivity contribution in [3.8, 4) is 0 Å². The van der Waals surface area contributed by atoms with Crippen molar-refractivity contribution in [2.45, 2.75) is 20.8 Å². The first-order chi connectivity index (χ1) is 11.0. The van der Waals surface area contributed by atoms with Crippen LogP contribution >= 0.6 is 5.59 Å². The maximum atomic E-state index is 3.17. The second kappa shape index (κ2) is 6.68. The summed E-state index contributed by atoms with van der Waals surface area (Å²) in [5.74, 6) is 0. The van der Waals surface area contributed by atoms with E-state index in [0.29, 0.717) is 0 Å². The van der Waals surface area contributed by atoms with Gasteiger partial charge < -0.3 is 0 Å². The van der Waals surface area contributed by atoms with Crippen molar-refractivity contribution >= 4 is 21.5 Å². The van der Waals surface area contributed by atoms with Crippen molar-refractivity contribution in [2.24, 2.45) is 0 Å². The number of aryl methyl sites for hydroxylation is 3. The molecule has 3 rings (SSSR count). The average molecular weight is 406 g/mol. The van der Waals surface area contributed by atoms with E-state index in [1.807, 2.05) is 0 Å². The fourth-order valence-electron chi connectivity index (χ4n) is 3.29. The molecule has 0 aliphatic rings. The fourth-order valence-corrected chi connectivity index (χ4v) is 11.4. The van der Waals surface area contributed by atoms with Crippen LogP contribution < -0.4 is 15.9 Å². The Labute approximate surface area is 149 Å². The third-order valence-corrected chi connectivity index (χ3v) is 12.6. The van der Waals surface area contributed by atoms with Crippen molar-refractivity contribution in [3.63, 3.8) is 0 Å². The monoisotopic (exact) mass is 407 g/mol. The molecule has 119 valence electrons. The van der Waals surface area contributed by atoms with E-state index in [9.17, 15) is 0 Å². The Balaban J connectivity index is 2.38. The van der Waals surface area contributed by atoms with Gasteiger partial charge in [-0.15, -0.1) is 0 Å².